The summed E-state index contributed by atoms with van der Waals surface area (Å²) in [7, 11) is -3.89. The molecule has 2 heterocycles. The van der Waals surface area contributed by atoms with E-state index in [1.807, 2.05) is 60.7 Å². The monoisotopic (exact) mass is 466 g/mol. The summed E-state index contributed by atoms with van der Waals surface area (Å²) < 4.78 is 32.9. The lowest BCUT2D eigenvalue weighted by atomic mass is 10.1. The van der Waals surface area contributed by atoms with Gasteiger partial charge in [0.2, 0.25) is 10.0 Å². The second-order valence-electron chi connectivity index (χ2n) is 8.01. The Balaban J connectivity index is 1.53. The number of sulfonamides is 1. The molecule has 0 aromatic heterocycles. The van der Waals surface area contributed by atoms with E-state index in [2.05, 4.69) is 6.58 Å². The maximum atomic E-state index is 13.2. The lowest BCUT2D eigenvalue weighted by Gasteiger charge is -2.23. The fourth-order valence-electron chi connectivity index (χ4n) is 4.30. The van der Waals surface area contributed by atoms with Crippen molar-refractivity contribution in [2.75, 3.05) is 12.3 Å². The number of hydrogen-bond acceptors (Lipinski definition) is 5. The summed E-state index contributed by atoms with van der Waals surface area (Å²) in [5.41, 5.74) is 2.42. The van der Waals surface area contributed by atoms with Gasteiger partial charge in [0.25, 0.3) is 5.91 Å². The molecule has 172 valence electrons. The highest BCUT2D eigenvalue weighted by Gasteiger charge is 2.51. The van der Waals surface area contributed by atoms with Crippen LogP contribution in [-0.2, 0) is 32.6 Å². The summed E-state index contributed by atoms with van der Waals surface area (Å²) >= 11 is 0. The third-order valence-corrected chi connectivity index (χ3v) is 7.59. The number of allylic oxidation sites excluding steroid dienone is 1. The molecule has 2 aliphatic heterocycles. The third kappa shape index (κ3) is 4.71. The SMILES string of the molecule is C=CCC1=C2[C@H](CCN2C(=O)OCc2ccccc2)N(S(=O)(=O)CCc2ccccc2)C1=O. The quantitative estimate of drug-likeness (QED) is 0.555. The van der Waals surface area contributed by atoms with Gasteiger partial charge in [0.05, 0.1) is 17.5 Å². The molecule has 33 heavy (non-hydrogen) atoms. The molecule has 2 amide bonds. The highest BCUT2D eigenvalue weighted by molar-refractivity contribution is 7.89. The molecule has 2 aromatic carbocycles. The predicted molar refractivity (Wildman–Crippen MR) is 124 cm³/mol. The summed E-state index contributed by atoms with van der Waals surface area (Å²) in [5, 5.41) is 0. The molecule has 1 atom stereocenters. The topological polar surface area (TPSA) is 84.0 Å². The molecule has 0 aliphatic carbocycles. The van der Waals surface area contributed by atoms with Gasteiger partial charge in [0, 0.05) is 12.1 Å². The Morgan fingerprint density at radius 3 is 2.33 bits per heavy atom. The van der Waals surface area contributed by atoms with Crippen LogP contribution in [0.3, 0.4) is 0 Å². The van der Waals surface area contributed by atoms with E-state index < -0.39 is 28.1 Å². The van der Waals surface area contributed by atoms with Gasteiger partial charge in [-0.2, -0.15) is 0 Å². The van der Waals surface area contributed by atoms with Gasteiger partial charge in [-0.3, -0.25) is 9.69 Å². The molecule has 0 bridgehead atoms. The van der Waals surface area contributed by atoms with Crippen molar-refractivity contribution in [2.24, 2.45) is 0 Å². The van der Waals surface area contributed by atoms with Crippen LogP contribution in [0.15, 0.2) is 84.6 Å². The number of rotatable bonds is 8. The number of nitrogens with zero attached hydrogens (tertiary/aromatic N) is 2. The van der Waals surface area contributed by atoms with Crippen LogP contribution in [0.1, 0.15) is 24.0 Å². The van der Waals surface area contributed by atoms with E-state index in [0.717, 1.165) is 15.4 Å². The van der Waals surface area contributed by atoms with Gasteiger partial charge in [-0.05, 0) is 30.4 Å². The largest absolute Gasteiger partial charge is 0.444 e. The molecule has 2 aliphatic rings. The zero-order chi connectivity index (χ0) is 23.4. The Labute approximate surface area is 194 Å². The van der Waals surface area contributed by atoms with Crippen molar-refractivity contribution in [3.8, 4) is 0 Å². The predicted octanol–water partition coefficient (Wildman–Crippen LogP) is 3.64. The van der Waals surface area contributed by atoms with Gasteiger partial charge in [-0.1, -0.05) is 66.7 Å². The first-order valence-electron chi connectivity index (χ1n) is 10.8. The number of carbonyl (C=O) groups is 2. The van der Waals surface area contributed by atoms with Crippen molar-refractivity contribution in [3.63, 3.8) is 0 Å². The van der Waals surface area contributed by atoms with Gasteiger partial charge in [0.15, 0.2) is 0 Å². The van der Waals surface area contributed by atoms with Crippen molar-refractivity contribution in [3.05, 3.63) is 95.7 Å². The van der Waals surface area contributed by atoms with Gasteiger partial charge in [-0.15, -0.1) is 6.58 Å². The molecule has 0 N–H and O–H groups in total. The van der Waals surface area contributed by atoms with Crippen LogP contribution < -0.4 is 0 Å². The van der Waals surface area contributed by atoms with Crippen molar-refractivity contribution < 1.29 is 22.7 Å². The number of carbonyl (C=O) groups excluding carboxylic acids is 2. The fourth-order valence-corrected chi connectivity index (χ4v) is 5.94. The maximum Gasteiger partial charge on any atom is 0.414 e. The molecule has 7 nitrogen and oxygen atoms in total. The summed E-state index contributed by atoms with van der Waals surface area (Å²) in [6.07, 6.45) is 1.77. The van der Waals surface area contributed by atoms with Crippen LogP contribution >= 0.6 is 0 Å². The van der Waals surface area contributed by atoms with E-state index in [1.165, 1.54) is 4.90 Å². The normalized spacial score (nSPS) is 17.9. The first kappa shape index (κ1) is 22.8. The Hall–Kier alpha value is -3.39. The minimum Gasteiger partial charge on any atom is -0.444 e. The summed E-state index contributed by atoms with van der Waals surface area (Å²) in [5.74, 6) is -0.768. The Kier molecular flexibility index (Phi) is 6.65. The Bertz CT molecular complexity index is 1180. The fraction of sp³-hybridized carbons (Fsp3) is 0.280. The van der Waals surface area contributed by atoms with Crippen molar-refractivity contribution in [2.45, 2.75) is 31.9 Å². The number of amides is 2. The minimum absolute atomic E-state index is 0.0952. The second-order valence-corrected chi connectivity index (χ2v) is 9.97. The zero-order valence-electron chi connectivity index (χ0n) is 18.2. The zero-order valence-corrected chi connectivity index (χ0v) is 19.0. The number of aryl methyl sites for hydroxylation is 1. The Morgan fingerprint density at radius 1 is 1.06 bits per heavy atom. The van der Waals surface area contributed by atoms with Gasteiger partial charge in [0.1, 0.15) is 6.61 Å². The van der Waals surface area contributed by atoms with E-state index in [1.54, 1.807) is 6.08 Å². The molecule has 0 radical (unpaired) electrons. The molecule has 0 unspecified atom stereocenters. The summed E-state index contributed by atoms with van der Waals surface area (Å²) in [6.45, 7) is 4.07. The molecule has 1 fully saturated rings. The molecule has 8 heteroatoms. The highest BCUT2D eigenvalue weighted by Crippen LogP contribution is 2.39. The van der Waals surface area contributed by atoms with Crippen LogP contribution in [-0.4, -0.2) is 48.0 Å². The van der Waals surface area contributed by atoms with E-state index in [0.29, 0.717) is 18.5 Å². The van der Waals surface area contributed by atoms with Gasteiger partial charge in [-0.25, -0.2) is 17.5 Å². The molecule has 0 spiro atoms. The standard InChI is InChI=1S/C25H26N2O5S/c1-2-9-21-23-22(14-16-26(23)25(29)32-18-20-12-7-4-8-13-20)27(24(21)28)33(30,31)17-15-19-10-5-3-6-11-19/h2-8,10-13,22H,1,9,14-18H2/t22-/m0/s1. The number of hydrogen-bond donors (Lipinski definition) is 0. The second kappa shape index (κ2) is 9.62. The van der Waals surface area contributed by atoms with Gasteiger partial charge >= 0.3 is 6.09 Å². The maximum absolute atomic E-state index is 13.2. The van der Waals surface area contributed by atoms with Crippen LogP contribution in [0, 0.1) is 0 Å². The van der Waals surface area contributed by atoms with Crippen LogP contribution in [0.4, 0.5) is 4.79 Å². The number of likely N-dealkylation sites (tertiary alicyclic amines) is 1. The number of benzene rings is 2. The van der Waals surface area contributed by atoms with E-state index in [-0.39, 0.29) is 30.9 Å². The Morgan fingerprint density at radius 2 is 1.70 bits per heavy atom. The lowest BCUT2D eigenvalue weighted by Crippen LogP contribution is -2.41. The smallest absolute Gasteiger partial charge is 0.414 e. The molecule has 1 saturated heterocycles. The summed E-state index contributed by atoms with van der Waals surface area (Å²) in [4.78, 5) is 27.4. The van der Waals surface area contributed by atoms with Gasteiger partial charge < -0.3 is 4.74 Å². The molecular weight excluding hydrogens is 440 g/mol. The highest BCUT2D eigenvalue weighted by atomic mass is 32.2. The average molecular weight is 467 g/mol. The van der Waals surface area contributed by atoms with Crippen LogP contribution in [0.5, 0.6) is 0 Å². The first-order chi connectivity index (χ1) is 15.9. The van der Waals surface area contributed by atoms with Crippen molar-refractivity contribution in [1.29, 1.82) is 0 Å². The van der Waals surface area contributed by atoms with E-state index in [4.69, 9.17) is 4.74 Å². The van der Waals surface area contributed by atoms with Crippen LogP contribution in [0.2, 0.25) is 0 Å². The van der Waals surface area contributed by atoms with Crippen molar-refractivity contribution >= 4 is 22.0 Å². The first-order valence-corrected chi connectivity index (χ1v) is 12.5. The minimum atomic E-state index is -3.89. The molecule has 2 aromatic rings. The van der Waals surface area contributed by atoms with E-state index in [9.17, 15) is 18.0 Å². The number of fused-ring (bicyclic) bond motifs is 1. The number of ether oxygens (including phenoxy) is 1. The molecule has 0 saturated carbocycles. The summed E-state index contributed by atoms with van der Waals surface area (Å²) in [6, 6.07) is 17.9. The molecular formula is C25H26N2O5S. The van der Waals surface area contributed by atoms with Crippen LogP contribution in [0.25, 0.3) is 0 Å². The van der Waals surface area contributed by atoms with E-state index >= 15 is 0 Å². The molecule has 4 rings (SSSR count). The lowest BCUT2D eigenvalue weighted by molar-refractivity contribution is -0.122. The third-order valence-electron chi connectivity index (χ3n) is 5.85. The average Bonchev–Trinajstić information content (AvgIpc) is 3.36. The van der Waals surface area contributed by atoms with Crippen molar-refractivity contribution in [1.82, 2.24) is 9.21 Å².